The summed E-state index contributed by atoms with van der Waals surface area (Å²) in [6.45, 7) is 8.31. The van der Waals surface area contributed by atoms with Gasteiger partial charge in [-0.2, -0.15) is 4.98 Å². The summed E-state index contributed by atoms with van der Waals surface area (Å²) in [6, 6.07) is 0. The van der Waals surface area contributed by atoms with Crippen molar-refractivity contribution in [3.8, 4) is 0 Å². The Balaban J connectivity index is 2.26. The molecule has 1 saturated carbocycles. The molecule has 0 bridgehead atoms. The van der Waals surface area contributed by atoms with Gasteiger partial charge in [0.25, 0.3) is 0 Å². The molecule has 0 amide bonds. The van der Waals surface area contributed by atoms with E-state index in [1.54, 1.807) is 0 Å². The van der Waals surface area contributed by atoms with Crippen LogP contribution in [0.4, 0.5) is 0 Å². The molecule has 1 fully saturated rings. The Morgan fingerprint density at radius 3 is 2.56 bits per heavy atom. The van der Waals surface area contributed by atoms with E-state index in [0.29, 0.717) is 11.7 Å². The summed E-state index contributed by atoms with van der Waals surface area (Å²) < 4.78 is 5.37. The van der Waals surface area contributed by atoms with Crippen LogP contribution in [0.5, 0.6) is 0 Å². The molecule has 16 heavy (non-hydrogen) atoms. The highest BCUT2D eigenvalue weighted by atomic mass is 16.5. The maximum absolute atomic E-state index is 5.95. The minimum absolute atomic E-state index is 0.266. The lowest BCUT2D eigenvalue weighted by Crippen LogP contribution is -2.30. The fourth-order valence-electron chi connectivity index (χ4n) is 2.42. The molecule has 1 atom stereocenters. The normalized spacial score (nSPS) is 24.9. The highest BCUT2D eigenvalue weighted by Crippen LogP contribution is 2.48. The van der Waals surface area contributed by atoms with Crippen molar-refractivity contribution in [2.45, 2.75) is 58.4 Å². The molecule has 2 rings (SSSR count). The number of nitrogens with two attached hydrogens (primary N) is 1. The molecule has 0 radical (unpaired) electrons. The predicted octanol–water partition coefficient (Wildman–Crippen LogP) is 2.56. The molecule has 1 aromatic rings. The standard InChI is InChI=1S/C12H21N3O/c1-11(2)7-5-6-8(11)9-14-10(15-16-9)12(3,4)13/h8H,5-7,13H2,1-4H3. The van der Waals surface area contributed by atoms with Crippen LogP contribution in [0, 0.1) is 5.41 Å². The number of aromatic nitrogens is 2. The fourth-order valence-corrected chi connectivity index (χ4v) is 2.42. The van der Waals surface area contributed by atoms with Gasteiger partial charge in [-0.15, -0.1) is 0 Å². The second-order valence-corrected chi connectivity index (χ2v) is 6.11. The first kappa shape index (κ1) is 11.6. The van der Waals surface area contributed by atoms with E-state index in [9.17, 15) is 0 Å². The molecule has 90 valence electrons. The molecule has 0 aromatic carbocycles. The summed E-state index contributed by atoms with van der Waals surface area (Å²) in [5.74, 6) is 1.75. The molecular weight excluding hydrogens is 202 g/mol. The Morgan fingerprint density at radius 2 is 2.12 bits per heavy atom. The van der Waals surface area contributed by atoms with E-state index in [1.807, 2.05) is 13.8 Å². The van der Waals surface area contributed by atoms with E-state index in [-0.39, 0.29) is 5.41 Å². The molecule has 0 spiro atoms. The third-order valence-electron chi connectivity index (χ3n) is 3.57. The summed E-state index contributed by atoms with van der Waals surface area (Å²) in [7, 11) is 0. The molecule has 0 aliphatic heterocycles. The van der Waals surface area contributed by atoms with E-state index in [1.165, 1.54) is 12.8 Å². The second-order valence-electron chi connectivity index (χ2n) is 6.11. The smallest absolute Gasteiger partial charge is 0.230 e. The Hall–Kier alpha value is -0.900. The zero-order valence-corrected chi connectivity index (χ0v) is 10.6. The number of hydrogen-bond donors (Lipinski definition) is 1. The average Bonchev–Trinajstić information content (AvgIpc) is 2.68. The predicted molar refractivity (Wildman–Crippen MR) is 61.9 cm³/mol. The molecule has 1 heterocycles. The van der Waals surface area contributed by atoms with Gasteiger partial charge in [0.05, 0.1) is 5.54 Å². The largest absolute Gasteiger partial charge is 0.339 e. The first-order chi connectivity index (χ1) is 7.31. The van der Waals surface area contributed by atoms with Crippen LogP contribution in [0.25, 0.3) is 0 Å². The lowest BCUT2D eigenvalue weighted by Gasteiger charge is -2.23. The molecule has 0 saturated heterocycles. The van der Waals surface area contributed by atoms with Crippen molar-refractivity contribution in [3.63, 3.8) is 0 Å². The third-order valence-corrected chi connectivity index (χ3v) is 3.57. The summed E-state index contributed by atoms with van der Waals surface area (Å²) in [6.07, 6.45) is 3.60. The van der Waals surface area contributed by atoms with Crippen LogP contribution in [0.15, 0.2) is 4.52 Å². The van der Waals surface area contributed by atoms with E-state index in [2.05, 4.69) is 24.0 Å². The van der Waals surface area contributed by atoms with Gasteiger partial charge in [0, 0.05) is 5.92 Å². The van der Waals surface area contributed by atoms with Gasteiger partial charge in [-0.3, -0.25) is 0 Å². The molecule has 1 aromatic heterocycles. The van der Waals surface area contributed by atoms with Crippen LogP contribution in [-0.2, 0) is 5.54 Å². The number of hydrogen-bond acceptors (Lipinski definition) is 4. The molecule has 4 nitrogen and oxygen atoms in total. The van der Waals surface area contributed by atoms with E-state index < -0.39 is 5.54 Å². The number of nitrogens with zero attached hydrogens (tertiary/aromatic N) is 2. The monoisotopic (exact) mass is 223 g/mol. The van der Waals surface area contributed by atoms with Crippen molar-refractivity contribution in [2.75, 3.05) is 0 Å². The van der Waals surface area contributed by atoms with Gasteiger partial charge >= 0.3 is 0 Å². The first-order valence-electron chi connectivity index (χ1n) is 5.94. The molecule has 4 heteroatoms. The Morgan fingerprint density at radius 1 is 1.44 bits per heavy atom. The first-order valence-corrected chi connectivity index (χ1v) is 5.94. The summed E-state index contributed by atoms with van der Waals surface area (Å²) in [4.78, 5) is 4.46. The Labute approximate surface area is 96.6 Å². The zero-order chi connectivity index (χ0) is 12.0. The summed E-state index contributed by atoms with van der Waals surface area (Å²) >= 11 is 0. The minimum atomic E-state index is -0.523. The fraction of sp³-hybridized carbons (Fsp3) is 0.833. The molecule has 1 unspecified atom stereocenters. The van der Waals surface area contributed by atoms with Gasteiger partial charge in [0.2, 0.25) is 5.89 Å². The van der Waals surface area contributed by atoms with Crippen LogP contribution in [0.3, 0.4) is 0 Å². The van der Waals surface area contributed by atoms with Crippen LogP contribution in [0.2, 0.25) is 0 Å². The Bertz CT molecular complexity index is 376. The Kier molecular flexibility index (Phi) is 2.57. The van der Waals surface area contributed by atoms with Crippen LogP contribution < -0.4 is 5.73 Å². The summed E-state index contributed by atoms with van der Waals surface area (Å²) in [5.41, 5.74) is 5.69. The lowest BCUT2D eigenvalue weighted by molar-refractivity contribution is 0.259. The van der Waals surface area contributed by atoms with Crippen LogP contribution in [-0.4, -0.2) is 10.1 Å². The van der Waals surface area contributed by atoms with Crippen molar-refractivity contribution in [1.82, 2.24) is 10.1 Å². The topological polar surface area (TPSA) is 64.9 Å². The maximum atomic E-state index is 5.95. The van der Waals surface area contributed by atoms with Gasteiger partial charge in [-0.1, -0.05) is 25.4 Å². The van der Waals surface area contributed by atoms with Gasteiger partial charge < -0.3 is 10.3 Å². The van der Waals surface area contributed by atoms with Crippen molar-refractivity contribution in [2.24, 2.45) is 11.1 Å². The number of rotatable bonds is 2. The van der Waals surface area contributed by atoms with Crippen molar-refractivity contribution in [1.29, 1.82) is 0 Å². The molecular formula is C12H21N3O. The second kappa shape index (κ2) is 3.55. The quantitative estimate of drug-likeness (QED) is 0.836. The van der Waals surface area contributed by atoms with Crippen molar-refractivity contribution < 1.29 is 4.52 Å². The minimum Gasteiger partial charge on any atom is -0.339 e. The molecule has 2 N–H and O–H groups in total. The van der Waals surface area contributed by atoms with Gasteiger partial charge in [-0.05, 0) is 32.1 Å². The van der Waals surface area contributed by atoms with E-state index >= 15 is 0 Å². The lowest BCUT2D eigenvalue weighted by atomic mass is 9.82. The highest BCUT2D eigenvalue weighted by molar-refractivity contribution is 5.07. The zero-order valence-electron chi connectivity index (χ0n) is 10.6. The van der Waals surface area contributed by atoms with Crippen LogP contribution in [0.1, 0.15) is 64.6 Å². The third kappa shape index (κ3) is 1.98. The molecule has 1 aliphatic carbocycles. The molecule has 1 aliphatic rings. The van der Waals surface area contributed by atoms with Crippen LogP contribution >= 0.6 is 0 Å². The van der Waals surface area contributed by atoms with Gasteiger partial charge in [0.15, 0.2) is 5.82 Å². The van der Waals surface area contributed by atoms with Crippen molar-refractivity contribution in [3.05, 3.63) is 11.7 Å². The maximum Gasteiger partial charge on any atom is 0.230 e. The van der Waals surface area contributed by atoms with E-state index in [0.717, 1.165) is 12.3 Å². The van der Waals surface area contributed by atoms with Gasteiger partial charge in [-0.25, -0.2) is 0 Å². The SMILES string of the molecule is CC(C)(N)c1noc(C2CCCC2(C)C)n1. The highest BCUT2D eigenvalue weighted by Gasteiger charge is 2.39. The van der Waals surface area contributed by atoms with E-state index in [4.69, 9.17) is 10.3 Å². The average molecular weight is 223 g/mol. The van der Waals surface area contributed by atoms with Crippen molar-refractivity contribution >= 4 is 0 Å². The van der Waals surface area contributed by atoms with Gasteiger partial charge in [0.1, 0.15) is 0 Å². The summed E-state index contributed by atoms with van der Waals surface area (Å²) in [5, 5.41) is 3.99.